The monoisotopic (exact) mass is 300 g/mol. The zero-order valence-electron chi connectivity index (χ0n) is 10.8. The highest BCUT2D eigenvalue weighted by molar-refractivity contribution is 9.09. The maximum atomic E-state index is 6.22. The van der Waals surface area contributed by atoms with Crippen LogP contribution in [0.15, 0.2) is 0 Å². The van der Waals surface area contributed by atoms with Gasteiger partial charge in [0.15, 0.2) is 0 Å². The molecule has 3 aliphatic carbocycles. The molecule has 0 aromatic rings. The van der Waals surface area contributed by atoms with E-state index in [-0.39, 0.29) is 0 Å². The van der Waals surface area contributed by atoms with E-state index >= 15 is 0 Å². The summed E-state index contributed by atoms with van der Waals surface area (Å²) in [6.45, 7) is 1.02. The molecular formula is C15H25BrO. The maximum Gasteiger partial charge on any atom is 0.0652 e. The smallest absolute Gasteiger partial charge is 0.0652 e. The summed E-state index contributed by atoms with van der Waals surface area (Å²) in [6, 6.07) is 0. The normalized spacial score (nSPS) is 36.5. The molecule has 0 aromatic carbocycles. The fraction of sp³-hybridized carbons (Fsp3) is 1.00. The fourth-order valence-corrected chi connectivity index (χ4v) is 5.03. The van der Waals surface area contributed by atoms with Gasteiger partial charge in [0.2, 0.25) is 0 Å². The molecule has 2 atom stereocenters. The standard InChI is InChI=1S/C15H25BrO/c16-13-11-14(15(13)8-2-1-3-9-15)17-10-7-12-5-4-6-12/h12-14H,1-11H2. The number of halogens is 1. The Kier molecular flexibility index (Phi) is 3.82. The second-order valence-electron chi connectivity index (χ2n) is 6.44. The van der Waals surface area contributed by atoms with Gasteiger partial charge in [-0.1, -0.05) is 54.5 Å². The molecule has 3 saturated carbocycles. The van der Waals surface area contributed by atoms with Gasteiger partial charge in [-0.15, -0.1) is 0 Å². The Labute approximate surface area is 114 Å². The van der Waals surface area contributed by atoms with Gasteiger partial charge in [-0.25, -0.2) is 0 Å². The van der Waals surface area contributed by atoms with Crippen molar-refractivity contribution in [2.75, 3.05) is 6.61 Å². The summed E-state index contributed by atoms with van der Waals surface area (Å²) in [5.74, 6) is 0.997. The van der Waals surface area contributed by atoms with Gasteiger partial charge in [-0.3, -0.25) is 0 Å². The third-order valence-corrected chi connectivity index (χ3v) is 6.83. The number of ether oxygens (including phenoxy) is 1. The highest BCUT2D eigenvalue weighted by Crippen LogP contribution is 2.56. The van der Waals surface area contributed by atoms with Gasteiger partial charge >= 0.3 is 0 Å². The molecule has 98 valence electrons. The molecule has 0 amide bonds. The van der Waals surface area contributed by atoms with E-state index in [1.807, 2.05) is 0 Å². The zero-order valence-corrected chi connectivity index (χ0v) is 12.4. The molecule has 0 bridgehead atoms. The SMILES string of the molecule is BrC1CC(OCCC2CCC2)C12CCCCC2. The van der Waals surface area contributed by atoms with Crippen LogP contribution in [0.1, 0.15) is 64.2 Å². The number of hydrogen-bond acceptors (Lipinski definition) is 1. The van der Waals surface area contributed by atoms with Crippen molar-refractivity contribution in [3.63, 3.8) is 0 Å². The van der Waals surface area contributed by atoms with Crippen LogP contribution < -0.4 is 0 Å². The average Bonchev–Trinajstić information content (AvgIpc) is 2.32. The van der Waals surface area contributed by atoms with Gasteiger partial charge in [-0.05, 0) is 31.6 Å². The summed E-state index contributed by atoms with van der Waals surface area (Å²) in [6.07, 6.45) is 14.6. The van der Waals surface area contributed by atoms with Gasteiger partial charge in [0.25, 0.3) is 0 Å². The van der Waals surface area contributed by atoms with Crippen LogP contribution in [0.2, 0.25) is 0 Å². The van der Waals surface area contributed by atoms with Crippen LogP contribution in [-0.2, 0) is 4.74 Å². The minimum absolute atomic E-state index is 0.526. The summed E-state index contributed by atoms with van der Waals surface area (Å²) in [4.78, 5) is 0.740. The Morgan fingerprint density at radius 1 is 1.06 bits per heavy atom. The number of alkyl halides is 1. The molecule has 3 fully saturated rings. The van der Waals surface area contributed by atoms with Crippen LogP contribution in [0.4, 0.5) is 0 Å². The molecular weight excluding hydrogens is 276 g/mol. The molecule has 2 heteroatoms. The van der Waals surface area contributed by atoms with Crippen molar-refractivity contribution in [3.8, 4) is 0 Å². The zero-order chi connectivity index (χ0) is 11.7. The fourth-order valence-electron chi connectivity index (χ4n) is 3.94. The van der Waals surface area contributed by atoms with Gasteiger partial charge < -0.3 is 4.74 Å². The Morgan fingerprint density at radius 3 is 2.41 bits per heavy atom. The first-order valence-electron chi connectivity index (χ1n) is 7.57. The van der Waals surface area contributed by atoms with Crippen molar-refractivity contribution in [2.45, 2.75) is 75.1 Å². The van der Waals surface area contributed by atoms with Crippen molar-refractivity contribution in [2.24, 2.45) is 11.3 Å². The Bertz CT molecular complexity index is 256. The lowest BCUT2D eigenvalue weighted by atomic mass is 9.58. The van der Waals surface area contributed by atoms with Crippen molar-refractivity contribution in [1.29, 1.82) is 0 Å². The van der Waals surface area contributed by atoms with Gasteiger partial charge in [0.1, 0.15) is 0 Å². The first kappa shape index (κ1) is 12.5. The quantitative estimate of drug-likeness (QED) is 0.685. The van der Waals surface area contributed by atoms with E-state index in [0.717, 1.165) is 17.4 Å². The predicted molar refractivity (Wildman–Crippen MR) is 74.5 cm³/mol. The topological polar surface area (TPSA) is 9.23 Å². The Morgan fingerprint density at radius 2 is 1.82 bits per heavy atom. The summed E-state index contributed by atoms with van der Waals surface area (Å²) in [7, 11) is 0. The van der Waals surface area contributed by atoms with E-state index in [1.54, 1.807) is 0 Å². The first-order valence-corrected chi connectivity index (χ1v) is 8.48. The summed E-state index contributed by atoms with van der Waals surface area (Å²) in [5.41, 5.74) is 0.526. The van der Waals surface area contributed by atoms with Crippen LogP contribution in [0.5, 0.6) is 0 Å². The summed E-state index contributed by atoms with van der Waals surface area (Å²) < 4.78 is 6.22. The van der Waals surface area contributed by atoms with Gasteiger partial charge in [0, 0.05) is 16.8 Å². The van der Waals surface area contributed by atoms with Crippen molar-refractivity contribution in [1.82, 2.24) is 0 Å². The van der Waals surface area contributed by atoms with Crippen LogP contribution in [0.3, 0.4) is 0 Å². The minimum Gasteiger partial charge on any atom is -0.378 e. The molecule has 2 unspecified atom stereocenters. The van der Waals surface area contributed by atoms with E-state index < -0.39 is 0 Å². The predicted octanol–water partition coefficient (Wildman–Crippen LogP) is 4.68. The first-order chi connectivity index (χ1) is 8.31. The second kappa shape index (κ2) is 5.21. The summed E-state index contributed by atoms with van der Waals surface area (Å²) >= 11 is 3.88. The highest BCUT2D eigenvalue weighted by Gasteiger charge is 2.54. The second-order valence-corrected chi connectivity index (χ2v) is 7.55. The molecule has 0 N–H and O–H groups in total. The molecule has 0 radical (unpaired) electrons. The van der Waals surface area contributed by atoms with Gasteiger partial charge in [0.05, 0.1) is 6.10 Å². The van der Waals surface area contributed by atoms with Crippen LogP contribution in [0.25, 0.3) is 0 Å². The lowest BCUT2D eigenvalue weighted by Crippen LogP contribution is -2.56. The van der Waals surface area contributed by atoms with Crippen molar-refractivity contribution < 1.29 is 4.74 Å². The maximum absolute atomic E-state index is 6.22. The average molecular weight is 301 g/mol. The van der Waals surface area contributed by atoms with Gasteiger partial charge in [-0.2, -0.15) is 0 Å². The molecule has 3 rings (SSSR count). The highest BCUT2D eigenvalue weighted by atomic mass is 79.9. The van der Waals surface area contributed by atoms with E-state index in [2.05, 4.69) is 15.9 Å². The lowest BCUT2D eigenvalue weighted by molar-refractivity contribution is -0.123. The van der Waals surface area contributed by atoms with Crippen LogP contribution >= 0.6 is 15.9 Å². The van der Waals surface area contributed by atoms with E-state index in [9.17, 15) is 0 Å². The molecule has 17 heavy (non-hydrogen) atoms. The number of hydrogen-bond donors (Lipinski definition) is 0. The third kappa shape index (κ3) is 2.32. The summed E-state index contributed by atoms with van der Waals surface area (Å²) in [5, 5.41) is 0. The molecule has 1 spiro atoms. The van der Waals surface area contributed by atoms with Crippen molar-refractivity contribution in [3.05, 3.63) is 0 Å². The molecule has 1 nitrogen and oxygen atoms in total. The molecule has 0 saturated heterocycles. The molecule has 0 heterocycles. The third-order valence-electron chi connectivity index (χ3n) is 5.54. The van der Waals surface area contributed by atoms with E-state index in [4.69, 9.17) is 4.74 Å². The van der Waals surface area contributed by atoms with E-state index in [0.29, 0.717) is 11.5 Å². The van der Waals surface area contributed by atoms with Crippen LogP contribution in [-0.4, -0.2) is 17.5 Å². The molecule has 0 aliphatic heterocycles. The molecule has 0 aromatic heterocycles. The van der Waals surface area contributed by atoms with E-state index in [1.165, 1.54) is 64.2 Å². The van der Waals surface area contributed by atoms with Crippen molar-refractivity contribution >= 4 is 15.9 Å². The Balaban J connectivity index is 1.46. The Hall–Kier alpha value is 0.440. The van der Waals surface area contributed by atoms with Crippen LogP contribution in [0, 0.1) is 11.3 Å². The lowest BCUT2D eigenvalue weighted by Gasteiger charge is -2.55. The largest absolute Gasteiger partial charge is 0.378 e. The number of rotatable bonds is 4. The minimum atomic E-state index is 0.526. The molecule has 3 aliphatic rings.